The maximum Gasteiger partial charge on any atom is 0.239 e. The van der Waals surface area contributed by atoms with Gasteiger partial charge in [0.15, 0.2) is 5.13 Å². The molecule has 0 aliphatic heterocycles. The first-order chi connectivity index (χ1) is 10.7. The standard InChI is InChI=1S/C16H16N4OS/c1-20(16-19-13-6-2-3-7-14(13)22-16)11-15(21)18-10-12-5-4-8-17-9-12/h2-9H,10-11H2,1H3,(H,18,21). The number of rotatable bonds is 5. The molecule has 1 N–H and O–H groups in total. The lowest BCUT2D eigenvalue weighted by molar-refractivity contribution is -0.119. The smallest absolute Gasteiger partial charge is 0.239 e. The van der Waals surface area contributed by atoms with Gasteiger partial charge in [-0.15, -0.1) is 0 Å². The highest BCUT2D eigenvalue weighted by Crippen LogP contribution is 2.27. The molecule has 0 saturated heterocycles. The summed E-state index contributed by atoms with van der Waals surface area (Å²) in [4.78, 5) is 22.4. The SMILES string of the molecule is CN(CC(=O)NCc1cccnc1)c1nc2ccccc2s1. The van der Waals surface area contributed by atoms with Crippen molar-refractivity contribution in [3.8, 4) is 0 Å². The largest absolute Gasteiger partial charge is 0.350 e. The van der Waals surface area contributed by atoms with Crippen molar-refractivity contribution >= 4 is 32.6 Å². The topological polar surface area (TPSA) is 58.1 Å². The molecule has 0 aliphatic rings. The lowest BCUT2D eigenvalue weighted by Gasteiger charge is -2.15. The number of nitrogens with one attached hydrogen (secondary N) is 1. The molecule has 0 unspecified atom stereocenters. The second-order valence-electron chi connectivity index (χ2n) is 4.96. The summed E-state index contributed by atoms with van der Waals surface area (Å²) in [5.41, 5.74) is 1.95. The van der Waals surface area contributed by atoms with Crippen LogP contribution in [0.15, 0.2) is 48.8 Å². The third-order valence-electron chi connectivity index (χ3n) is 3.20. The lowest BCUT2D eigenvalue weighted by Crippen LogP contribution is -2.34. The van der Waals surface area contributed by atoms with Crippen LogP contribution in [0, 0.1) is 0 Å². The average Bonchev–Trinajstić information content (AvgIpc) is 2.98. The van der Waals surface area contributed by atoms with Gasteiger partial charge in [0.05, 0.1) is 16.8 Å². The molecule has 3 aromatic rings. The molecule has 0 spiro atoms. The van der Waals surface area contributed by atoms with Crippen molar-refractivity contribution in [2.24, 2.45) is 0 Å². The van der Waals surface area contributed by atoms with Crippen molar-refractivity contribution in [2.45, 2.75) is 6.54 Å². The molecular formula is C16H16N4OS. The minimum absolute atomic E-state index is 0.0365. The predicted molar refractivity (Wildman–Crippen MR) is 89.0 cm³/mol. The molecule has 3 rings (SSSR count). The minimum atomic E-state index is -0.0365. The molecule has 6 heteroatoms. The zero-order valence-electron chi connectivity index (χ0n) is 12.2. The summed E-state index contributed by atoms with van der Waals surface area (Å²) in [6.45, 7) is 0.764. The molecule has 0 fully saturated rings. The summed E-state index contributed by atoms with van der Waals surface area (Å²) < 4.78 is 1.13. The van der Waals surface area contributed by atoms with E-state index in [0.717, 1.165) is 20.9 Å². The van der Waals surface area contributed by atoms with E-state index in [1.807, 2.05) is 48.3 Å². The number of thiazole rings is 1. The molecular weight excluding hydrogens is 296 g/mol. The number of hydrogen-bond acceptors (Lipinski definition) is 5. The van der Waals surface area contributed by atoms with Crippen LogP contribution >= 0.6 is 11.3 Å². The van der Waals surface area contributed by atoms with Crippen molar-refractivity contribution in [1.29, 1.82) is 0 Å². The number of pyridine rings is 1. The van der Waals surface area contributed by atoms with E-state index in [2.05, 4.69) is 15.3 Å². The number of aromatic nitrogens is 2. The van der Waals surface area contributed by atoms with Crippen molar-refractivity contribution in [2.75, 3.05) is 18.5 Å². The van der Waals surface area contributed by atoms with Crippen LogP contribution in [0.1, 0.15) is 5.56 Å². The van der Waals surface area contributed by atoms with E-state index in [9.17, 15) is 4.79 Å². The Balaban J connectivity index is 1.58. The first-order valence-electron chi connectivity index (χ1n) is 6.95. The summed E-state index contributed by atoms with van der Waals surface area (Å²) in [5.74, 6) is -0.0365. The number of likely N-dealkylation sites (N-methyl/N-ethyl adjacent to an activating group) is 1. The van der Waals surface area contributed by atoms with E-state index in [4.69, 9.17) is 0 Å². The van der Waals surface area contributed by atoms with Crippen molar-refractivity contribution in [3.05, 3.63) is 54.4 Å². The molecule has 0 aliphatic carbocycles. The van der Waals surface area contributed by atoms with E-state index >= 15 is 0 Å². The van der Waals surface area contributed by atoms with Gasteiger partial charge in [-0.3, -0.25) is 9.78 Å². The van der Waals surface area contributed by atoms with Crippen LogP contribution in [0.3, 0.4) is 0 Å². The van der Waals surface area contributed by atoms with Gasteiger partial charge in [0.25, 0.3) is 0 Å². The third-order valence-corrected chi connectivity index (χ3v) is 4.35. The summed E-state index contributed by atoms with van der Waals surface area (Å²) in [7, 11) is 1.88. The van der Waals surface area contributed by atoms with Gasteiger partial charge < -0.3 is 10.2 Å². The molecule has 1 aromatic carbocycles. The van der Waals surface area contributed by atoms with E-state index < -0.39 is 0 Å². The van der Waals surface area contributed by atoms with Crippen LogP contribution in [0.25, 0.3) is 10.2 Å². The van der Waals surface area contributed by atoms with Crippen LogP contribution < -0.4 is 10.2 Å². The Labute approximate surface area is 132 Å². The second-order valence-corrected chi connectivity index (χ2v) is 5.97. The Bertz CT molecular complexity index is 739. The summed E-state index contributed by atoms with van der Waals surface area (Å²) in [6, 6.07) is 11.8. The fourth-order valence-corrected chi connectivity index (χ4v) is 2.99. The first kappa shape index (κ1) is 14.5. The van der Waals surface area contributed by atoms with Gasteiger partial charge in [-0.1, -0.05) is 29.5 Å². The van der Waals surface area contributed by atoms with Crippen LogP contribution in [-0.4, -0.2) is 29.5 Å². The predicted octanol–water partition coefficient (Wildman–Crippen LogP) is 2.44. The molecule has 22 heavy (non-hydrogen) atoms. The Morgan fingerprint density at radius 2 is 2.14 bits per heavy atom. The maximum absolute atomic E-state index is 12.0. The van der Waals surface area contributed by atoms with Crippen LogP contribution in [0.4, 0.5) is 5.13 Å². The first-order valence-corrected chi connectivity index (χ1v) is 7.76. The number of amides is 1. The Hall–Kier alpha value is -2.47. The number of fused-ring (bicyclic) bond motifs is 1. The summed E-state index contributed by atoms with van der Waals surface area (Å²) in [5, 5.41) is 3.73. The highest BCUT2D eigenvalue weighted by Gasteiger charge is 2.11. The molecule has 2 heterocycles. The molecule has 0 atom stereocenters. The van der Waals surface area contributed by atoms with Gasteiger partial charge in [0, 0.05) is 26.0 Å². The van der Waals surface area contributed by atoms with Gasteiger partial charge in [-0.25, -0.2) is 4.98 Å². The molecule has 112 valence electrons. The third kappa shape index (κ3) is 3.40. The van der Waals surface area contributed by atoms with Crippen LogP contribution in [0.2, 0.25) is 0 Å². The number of para-hydroxylation sites is 1. The van der Waals surface area contributed by atoms with Crippen molar-refractivity contribution in [1.82, 2.24) is 15.3 Å². The molecule has 0 bridgehead atoms. The second kappa shape index (κ2) is 6.53. The zero-order valence-corrected chi connectivity index (χ0v) is 13.0. The monoisotopic (exact) mass is 312 g/mol. The Kier molecular flexibility index (Phi) is 4.29. The fourth-order valence-electron chi connectivity index (χ4n) is 2.07. The molecule has 0 radical (unpaired) electrons. The number of carbonyl (C=O) groups is 1. The number of carbonyl (C=O) groups excluding carboxylic acids is 1. The van der Waals surface area contributed by atoms with E-state index in [1.165, 1.54) is 0 Å². The van der Waals surface area contributed by atoms with E-state index in [-0.39, 0.29) is 12.5 Å². The minimum Gasteiger partial charge on any atom is -0.350 e. The average molecular weight is 312 g/mol. The number of nitrogens with zero attached hydrogens (tertiary/aromatic N) is 3. The van der Waals surface area contributed by atoms with Crippen LogP contribution in [-0.2, 0) is 11.3 Å². The molecule has 1 amide bonds. The maximum atomic E-state index is 12.0. The quantitative estimate of drug-likeness (QED) is 0.786. The fraction of sp³-hybridized carbons (Fsp3) is 0.188. The van der Waals surface area contributed by atoms with Gasteiger partial charge in [-0.05, 0) is 23.8 Å². The van der Waals surface area contributed by atoms with Gasteiger partial charge in [0.2, 0.25) is 5.91 Å². The van der Waals surface area contributed by atoms with Gasteiger partial charge in [0.1, 0.15) is 0 Å². The Morgan fingerprint density at radius 1 is 1.27 bits per heavy atom. The number of benzene rings is 1. The number of anilines is 1. The molecule has 5 nitrogen and oxygen atoms in total. The van der Waals surface area contributed by atoms with E-state index in [1.54, 1.807) is 23.7 Å². The Morgan fingerprint density at radius 3 is 2.91 bits per heavy atom. The summed E-state index contributed by atoms with van der Waals surface area (Å²) >= 11 is 1.59. The lowest BCUT2D eigenvalue weighted by atomic mass is 10.3. The van der Waals surface area contributed by atoms with Gasteiger partial charge >= 0.3 is 0 Å². The molecule has 2 aromatic heterocycles. The highest BCUT2D eigenvalue weighted by atomic mass is 32.1. The highest BCUT2D eigenvalue weighted by molar-refractivity contribution is 7.22. The zero-order chi connectivity index (χ0) is 15.4. The number of hydrogen-bond donors (Lipinski definition) is 1. The molecule has 0 saturated carbocycles. The van der Waals surface area contributed by atoms with Crippen LogP contribution in [0.5, 0.6) is 0 Å². The summed E-state index contributed by atoms with van der Waals surface area (Å²) in [6.07, 6.45) is 3.46. The van der Waals surface area contributed by atoms with Crippen molar-refractivity contribution in [3.63, 3.8) is 0 Å². The van der Waals surface area contributed by atoms with Gasteiger partial charge in [-0.2, -0.15) is 0 Å². The van der Waals surface area contributed by atoms with E-state index in [0.29, 0.717) is 6.54 Å². The van der Waals surface area contributed by atoms with Crippen molar-refractivity contribution < 1.29 is 4.79 Å². The normalized spacial score (nSPS) is 10.6.